The van der Waals surface area contributed by atoms with E-state index in [9.17, 15) is 0 Å². The summed E-state index contributed by atoms with van der Waals surface area (Å²) in [5, 5.41) is 4.26. The molecule has 0 atom stereocenters. The molecule has 1 aromatic carbocycles. The molecule has 0 amide bonds. The van der Waals surface area contributed by atoms with E-state index in [0.717, 1.165) is 17.5 Å². The van der Waals surface area contributed by atoms with Gasteiger partial charge in [0, 0.05) is 17.3 Å². The molecule has 0 aliphatic heterocycles. The third kappa shape index (κ3) is 3.71. The molecule has 0 radical (unpaired) electrons. The summed E-state index contributed by atoms with van der Waals surface area (Å²) in [6.45, 7) is 1.09. The minimum Gasteiger partial charge on any atom is -0.385 e. The van der Waals surface area contributed by atoms with Gasteiger partial charge in [0.25, 0.3) is 0 Å². The van der Waals surface area contributed by atoms with Crippen molar-refractivity contribution >= 4 is 17.3 Å². The van der Waals surface area contributed by atoms with Crippen molar-refractivity contribution in [2.24, 2.45) is 5.92 Å². The Morgan fingerprint density at radius 1 is 1.06 bits per heavy atom. The maximum Gasteiger partial charge on any atom is 0.0407 e. The fourth-order valence-corrected chi connectivity index (χ4v) is 2.59. The highest BCUT2D eigenvalue weighted by molar-refractivity contribution is 6.30. The molecular formula is C14H20ClN. The van der Waals surface area contributed by atoms with Gasteiger partial charge in [0.05, 0.1) is 0 Å². The summed E-state index contributed by atoms with van der Waals surface area (Å²) in [5.74, 6) is 0.952. The fourth-order valence-electron chi connectivity index (χ4n) is 2.46. The summed E-state index contributed by atoms with van der Waals surface area (Å²) in [7, 11) is 0. The number of hydrogen-bond donors (Lipinski definition) is 1. The largest absolute Gasteiger partial charge is 0.385 e. The lowest BCUT2D eigenvalue weighted by Gasteiger charge is -2.21. The van der Waals surface area contributed by atoms with Crippen LogP contribution in [0.3, 0.4) is 0 Å². The second kappa shape index (κ2) is 6.15. The minimum atomic E-state index is 0.804. The predicted octanol–water partition coefficient (Wildman–Crippen LogP) is 4.72. The van der Waals surface area contributed by atoms with E-state index >= 15 is 0 Å². The van der Waals surface area contributed by atoms with Crippen molar-refractivity contribution in [2.75, 3.05) is 11.9 Å². The van der Waals surface area contributed by atoms with Gasteiger partial charge in [-0.15, -0.1) is 0 Å². The Morgan fingerprint density at radius 2 is 1.75 bits per heavy atom. The molecule has 1 nitrogen and oxygen atoms in total. The molecule has 0 saturated heterocycles. The summed E-state index contributed by atoms with van der Waals surface area (Å²) >= 11 is 5.84. The van der Waals surface area contributed by atoms with Crippen LogP contribution in [0.4, 0.5) is 5.69 Å². The molecule has 2 rings (SSSR count). The molecule has 1 saturated carbocycles. The Balaban J connectivity index is 1.69. The summed E-state index contributed by atoms with van der Waals surface area (Å²) in [5.41, 5.74) is 1.18. The summed E-state index contributed by atoms with van der Waals surface area (Å²) in [4.78, 5) is 0. The third-order valence-corrected chi connectivity index (χ3v) is 3.70. The highest BCUT2D eigenvalue weighted by Gasteiger charge is 2.12. The standard InChI is InChI=1S/C14H20ClN/c15-13-6-8-14(9-7-13)16-11-10-12-4-2-1-3-5-12/h6-9,12,16H,1-5,10-11H2. The molecule has 0 spiro atoms. The lowest BCUT2D eigenvalue weighted by molar-refractivity contribution is 0.345. The van der Waals surface area contributed by atoms with Gasteiger partial charge in [0.15, 0.2) is 0 Å². The topological polar surface area (TPSA) is 12.0 Å². The molecule has 1 aliphatic carbocycles. The van der Waals surface area contributed by atoms with Crippen LogP contribution in [0, 0.1) is 5.92 Å². The van der Waals surface area contributed by atoms with Gasteiger partial charge in [0.1, 0.15) is 0 Å². The molecule has 0 heterocycles. The van der Waals surface area contributed by atoms with Gasteiger partial charge < -0.3 is 5.32 Å². The van der Waals surface area contributed by atoms with Crippen LogP contribution in [0.2, 0.25) is 5.02 Å². The number of anilines is 1. The number of benzene rings is 1. The first-order valence-electron chi connectivity index (χ1n) is 6.34. The van der Waals surface area contributed by atoms with E-state index in [1.807, 2.05) is 24.3 Å². The van der Waals surface area contributed by atoms with Crippen molar-refractivity contribution in [2.45, 2.75) is 38.5 Å². The Labute approximate surface area is 103 Å². The minimum absolute atomic E-state index is 0.804. The van der Waals surface area contributed by atoms with Gasteiger partial charge >= 0.3 is 0 Å². The zero-order valence-electron chi connectivity index (χ0n) is 9.71. The highest BCUT2D eigenvalue weighted by Crippen LogP contribution is 2.26. The van der Waals surface area contributed by atoms with E-state index in [2.05, 4.69) is 5.32 Å². The van der Waals surface area contributed by atoms with E-state index in [1.165, 1.54) is 44.2 Å². The highest BCUT2D eigenvalue weighted by atomic mass is 35.5. The Bertz CT molecular complexity index is 301. The predicted molar refractivity (Wildman–Crippen MR) is 71.1 cm³/mol. The maximum absolute atomic E-state index is 5.84. The average molecular weight is 238 g/mol. The molecule has 1 aromatic rings. The maximum atomic E-state index is 5.84. The summed E-state index contributed by atoms with van der Waals surface area (Å²) in [6, 6.07) is 7.96. The molecule has 0 unspecified atom stereocenters. The molecule has 1 fully saturated rings. The zero-order chi connectivity index (χ0) is 11.2. The molecule has 16 heavy (non-hydrogen) atoms. The number of hydrogen-bond acceptors (Lipinski definition) is 1. The lowest BCUT2D eigenvalue weighted by Crippen LogP contribution is -2.12. The van der Waals surface area contributed by atoms with Crippen LogP contribution in [0.5, 0.6) is 0 Å². The van der Waals surface area contributed by atoms with Crippen LogP contribution in [0.1, 0.15) is 38.5 Å². The van der Waals surface area contributed by atoms with Crippen LogP contribution in [-0.4, -0.2) is 6.54 Å². The Hall–Kier alpha value is -0.690. The summed E-state index contributed by atoms with van der Waals surface area (Å²) in [6.07, 6.45) is 8.49. The van der Waals surface area contributed by atoms with E-state index < -0.39 is 0 Å². The van der Waals surface area contributed by atoms with Crippen molar-refractivity contribution in [3.63, 3.8) is 0 Å². The first-order chi connectivity index (χ1) is 7.84. The SMILES string of the molecule is Clc1ccc(NCCC2CCCCC2)cc1. The van der Waals surface area contributed by atoms with Crippen LogP contribution < -0.4 is 5.32 Å². The molecule has 1 aliphatic rings. The van der Waals surface area contributed by atoms with E-state index in [1.54, 1.807) is 0 Å². The average Bonchev–Trinajstić information content (AvgIpc) is 2.33. The molecule has 1 N–H and O–H groups in total. The number of halogens is 1. The Morgan fingerprint density at radius 3 is 2.44 bits per heavy atom. The first kappa shape index (κ1) is 11.8. The molecular weight excluding hydrogens is 218 g/mol. The molecule has 2 heteroatoms. The van der Waals surface area contributed by atoms with E-state index in [0.29, 0.717) is 0 Å². The third-order valence-electron chi connectivity index (χ3n) is 3.45. The van der Waals surface area contributed by atoms with Gasteiger partial charge in [-0.25, -0.2) is 0 Å². The van der Waals surface area contributed by atoms with Gasteiger partial charge in [-0.3, -0.25) is 0 Å². The van der Waals surface area contributed by atoms with E-state index in [4.69, 9.17) is 11.6 Å². The second-order valence-corrected chi connectivity index (χ2v) is 5.16. The van der Waals surface area contributed by atoms with Crippen molar-refractivity contribution in [1.29, 1.82) is 0 Å². The number of nitrogens with one attached hydrogen (secondary N) is 1. The van der Waals surface area contributed by atoms with Gasteiger partial charge in [-0.2, -0.15) is 0 Å². The lowest BCUT2D eigenvalue weighted by atomic mass is 9.87. The second-order valence-electron chi connectivity index (χ2n) is 4.73. The number of rotatable bonds is 4. The molecule has 0 aromatic heterocycles. The van der Waals surface area contributed by atoms with Crippen LogP contribution in [0.25, 0.3) is 0 Å². The van der Waals surface area contributed by atoms with Crippen molar-refractivity contribution in [1.82, 2.24) is 0 Å². The zero-order valence-corrected chi connectivity index (χ0v) is 10.5. The van der Waals surface area contributed by atoms with Crippen LogP contribution in [-0.2, 0) is 0 Å². The van der Waals surface area contributed by atoms with E-state index in [-0.39, 0.29) is 0 Å². The fraction of sp³-hybridized carbons (Fsp3) is 0.571. The molecule has 0 bridgehead atoms. The van der Waals surface area contributed by atoms with Gasteiger partial charge in [-0.1, -0.05) is 43.7 Å². The normalized spacial score (nSPS) is 17.3. The van der Waals surface area contributed by atoms with Crippen molar-refractivity contribution in [3.8, 4) is 0 Å². The van der Waals surface area contributed by atoms with Gasteiger partial charge in [-0.05, 0) is 36.6 Å². The quantitative estimate of drug-likeness (QED) is 0.799. The Kier molecular flexibility index (Phi) is 4.53. The van der Waals surface area contributed by atoms with Crippen LogP contribution >= 0.6 is 11.6 Å². The van der Waals surface area contributed by atoms with Crippen molar-refractivity contribution < 1.29 is 0 Å². The monoisotopic (exact) mass is 237 g/mol. The van der Waals surface area contributed by atoms with Crippen molar-refractivity contribution in [3.05, 3.63) is 29.3 Å². The van der Waals surface area contributed by atoms with Crippen LogP contribution in [0.15, 0.2) is 24.3 Å². The summed E-state index contributed by atoms with van der Waals surface area (Å²) < 4.78 is 0. The molecule has 88 valence electrons. The van der Waals surface area contributed by atoms with Gasteiger partial charge in [0.2, 0.25) is 0 Å². The first-order valence-corrected chi connectivity index (χ1v) is 6.72. The smallest absolute Gasteiger partial charge is 0.0407 e.